The van der Waals surface area contributed by atoms with E-state index in [9.17, 15) is 4.39 Å². The molecule has 1 aliphatic heterocycles. The molecule has 1 aromatic carbocycles. The molecule has 0 saturated carbocycles. The van der Waals surface area contributed by atoms with Gasteiger partial charge in [0, 0.05) is 23.3 Å². The van der Waals surface area contributed by atoms with Crippen LogP contribution in [0.5, 0.6) is 0 Å². The number of nitrogens with one attached hydrogen (secondary N) is 1. The zero-order valence-corrected chi connectivity index (χ0v) is 11.8. The van der Waals surface area contributed by atoms with Gasteiger partial charge >= 0.3 is 0 Å². The van der Waals surface area contributed by atoms with Crippen molar-refractivity contribution in [1.82, 2.24) is 5.32 Å². The Kier molecular flexibility index (Phi) is 3.37. The number of nitrogens with zero attached hydrogens (tertiary/aromatic N) is 1. The minimum Gasteiger partial charge on any atom is -0.365 e. The summed E-state index contributed by atoms with van der Waals surface area (Å²) < 4.78 is 13.0. The van der Waals surface area contributed by atoms with Gasteiger partial charge in [-0.2, -0.15) is 0 Å². The van der Waals surface area contributed by atoms with Crippen molar-refractivity contribution >= 4 is 5.69 Å². The molecule has 0 radical (unpaired) electrons. The molecule has 1 N–H and O–H groups in total. The fourth-order valence-electron chi connectivity index (χ4n) is 2.57. The van der Waals surface area contributed by atoms with Crippen LogP contribution in [-0.4, -0.2) is 24.2 Å². The molecule has 0 aromatic heterocycles. The Morgan fingerprint density at radius 1 is 1.11 bits per heavy atom. The first-order valence-corrected chi connectivity index (χ1v) is 6.58. The Labute approximate surface area is 109 Å². The van der Waals surface area contributed by atoms with E-state index in [1.54, 1.807) is 0 Å². The van der Waals surface area contributed by atoms with Crippen molar-refractivity contribution in [2.45, 2.75) is 45.2 Å². The number of hydrogen-bond acceptors (Lipinski definition) is 2. The standard InChI is InChI=1S/C15H23FN2/c1-14(2)11-18(15(3,4)9-10-17-14)13-7-5-12(16)6-8-13/h5-8,17H,9-11H2,1-4H3. The summed E-state index contributed by atoms with van der Waals surface area (Å²) in [6.07, 6.45) is 1.08. The number of hydrogen-bond donors (Lipinski definition) is 1. The molecule has 0 spiro atoms. The van der Waals surface area contributed by atoms with Crippen molar-refractivity contribution in [1.29, 1.82) is 0 Å². The highest BCUT2D eigenvalue weighted by Gasteiger charge is 2.34. The Morgan fingerprint density at radius 2 is 1.72 bits per heavy atom. The van der Waals surface area contributed by atoms with Gasteiger partial charge in [-0.3, -0.25) is 0 Å². The molecule has 1 saturated heterocycles. The smallest absolute Gasteiger partial charge is 0.123 e. The Morgan fingerprint density at radius 3 is 2.33 bits per heavy atom. The fraction of sp³-hybridized carbons (Fsp3) is 0.600. The van der Waals surface area contributed by atoms with Gasteiger partial charge in [0.25, 0.3) is 0 Å². The van der Waals surface area contributed by atoms with Crippen LogP contribution in [0.2, 0.25) is 0 Å². The van der Waals surface area contributed by atoms with Crippen LogP contribution in [0, 0.1) is 5.82 Å². The molecule has 0 amide bonds. The molecule has 0 atom stereocenters. The van der Waals surface area contributed by atoms with E-state index in [1.165, 1.54) is 12.1 Å². The predicted octanol–water partition coefficient (Wildman–Crippen LogP) is 3.18. The summed E-state index contributed by atoms with van der Waals surface area (Å²) in [6, 6.07) is 6.82. The van der Waals surface area contributed by atoms with Crippen LogP contribution in [0.3, 0.4) is 0 Å². The maximum absolute atomic E-state index is 13.0. The van der Waals surface area contributed by atoms with Gasteiger partial charge in [0.05, 0.1) is 0 Å². The molecular formula is C15H23FN2. The second-order valence-corrected chi connectivity index (χ2v) is 6.44. The van der Waals surface area contributed by atoms with Crippen molar-refractivity contribution < 1.29 is 4.39 Å². The summed E-state index contributed by atoms with van der Waals surface area (Å²) in [5.74, 6) is -0.177. The molecule has 1 fully saturated rings. The first-order valence-electron chi connectivity index (χ1n) is 6.58. The Balaban J connectivity index is 2.34. The minimum absolute atomic E-state index is 0.0716. The molecule has 18 heavy (non-hydrogen) atoms. The summed E-state index contributed by atoms with van der Waals surface area (Å²) >= 11 is 0. The zero-order chi connectivity index (χ0) is 13.4. The van der Waals surface area contributed by atoms with E-state index >= 15 is 0 Å². The van der Waals surface area contributed by atoms with Crippen molar-refractivity contribution in [3.05, 3.63) is 30.1 Å². The van der Waals surface area contributed by atoms with E-state index < -0.39 is 0 Å². The first kappa shape index (κ1) is 13.3. The lowest BCUT2D eigenvalue weighted by molar-refractivity contribution is 0.409. The van der Waals surface area contributed by atoms with Crippen LogP contribution in [0.15, 0.2) is 24.3 Å². The van der Waals surface area contributed by atoms with E-state index in [1.807, 2.05) is 12.1 Å². The molecule has 2 rings (SSSR count). The third-order valence-electron chi connectivity index (χ3n) is 3.76. The maximum atomic E-state index is 13.0. The Hall–Kier alpha value is -1.09. The fourth-order valence-corrected chi connectivity index (χ4v) is 2.57. The van der Waals surface area contributed by atoms with Crippen LogP contribution in [0.1, 0.15) is 34.1 Å². The molecule has 0 aliphatic carbocycles. The van der Waals surface area contributed by atoms with E-state index in [4.69, 9.17) is 0 Å². The zero-order valence-electron chi connectivity index (χ0n) is 11.8. The van der Waals surface area contributed by atoms with Crippen LogP contribution in [-0.2, 0) is 0 Å². The minimum atomic E-state index is -0.177. The van der Waals surface area contributed by atoms with Gasteiger partial charge in [-0.05, 0) is 64.9 Å². The molecule has 1 aliphatic rings. The van der Waals surface area contributed by atoms with Gasteiger partial charge in [-0.15, -0.1) is 0 Å². The summed E-state index contributed by atoms with van der Waals surface area (Å²) in [7, 11) is 0. The highest BCUT2D eigenvalue weighted by molar-refractivity contribution is 5.49. The number of benzene rings is 1. The van der Waals surface area contributed by atoms with Gasteiger partial charge in [0.1, 0.15) is 5.82 Å². The van der Waals surface area contributed by atoms with Crippen molar-refractivity contribution in [3.63, 3.8) is 0 Å². The van der Waals surface area contributed by atoms with E-state index in [-0.39, 0.29) is 16.9 Å². The average Bonchev–Trinajstić information content (AvgIpc) is 2.36. The summed E-state index contributed by atoms with van der Waals surface area (Å²) in [6.45, 7) is 10.9. The highest BCUT2D eigenvalue weighted by Crippen LogP contribution is 2.30. The number of anilines is 1. The largest absolute Gasteiger partial charge is 0.365 e. The third kappa shape index (κ3) is 2.83. The van der Waals surface area contributed by atoms with Gasteiger partial charge in [0.15, 0.2) is 0 Å². The second kappa shape index (κ2) is 4.54. The van der Waals surface area contributed by atoms with Crippen LogP contribution in [0.4, 0.5) is 10.1 Å². The highest BCUT2D eigenvalue weighted by atomic mass is 19.1. The summed E-state index contributed by atoms with van der Waals surface area (Å²) in [5.41, 5.74) is 1.25. The van der Waals surface area contributed by atoms with Gasteiger partial charge in [0.2, 0.25) is 0 Å². The number of halogens is 1. The molecule has 1 heterocycles. The molecule has 2 nitrogen and oxygen atoms in total. The topological polar surface area (TPSA) is 15.3 Å². The van der Waals surface area contributed by atoms with Crippen molar-refractivity contribution in [2.24, 2.45) is 0 Å². The number of rotatable bonds is 1. The third-order valence-corrected chi connectivity index (χ3v) is 3.76. The van der Waals surface area contributed by atoms with Crippen LogP contribution >= 0.6 is 0 Å². The molecule has 3 heteroatoms. The molecule has 0 bridgehead atoms. The van der Waals surface area contributed by atoms with Crippen LogP contribution < -0.4 is 10.2 Å². The van der Waals surface area contributed by atoms with Crippen molar-refractivity contribution in [3.8, 4) is 0 Å². The monoisotopic (exact) mass is 250 g/mol. The van der Waals surface area contributed by atoms with E-state index in [0.29, 0.717) is 0 Å². The summed E-state index contributed by atoms with van der Waals surface area (Å²) in [5, 5.41) is 3.57. The van der Waals surface area contributed by atoms with Gasteiger partial charge in [-0.1, -0.05) is 0 Å². The SMILES string of the molecule is CC1(C)CN(c2ccc(F)cc2)C(C)(C)CCN1. The first-order chi connectivity index (χ1) is 8.30. The maximum Gasteiger partial charge on any atom is 0.123 e. The lowest BCUT2D eigenvalue weighted by atomic mass is 9.96. The van der Waals surface area contributed by atoms with Crippen LogP contribution in [0.25, 0.3) is 0 Å². The van der Waals surface area contributed by atoms with E-state index in [2.05, 4.69) is 37.9 Å². The summed E-state index contributed by atoms with van der Waals surface area (Å²) in [4.78, 5) is 2.38. The normalized spacial score (nSPS) is 22.6. The van der Waals surface area contributed by atoms with Crippen molar-refractivity contribution in [2.75, 3.05) is 18.0 Å². The molecular weight excluding hydrogens is 227 g/mol. The van der Waals surface area contributed by atoms with E-state index in [0.717, 1.165) is 25.2 Å². The lowest BCUT2D eigenvalue weighted by Gasteiger charge is -2.41. The quantitative estimate of drug-likeness (QED) is 0.823. The Bertz CT molecular complexity index is 409. The second-order valence-electron chi connectivity index (χ2n) is 6.44. The molecule has 0 unspecified atom stereocenters. The molecule has 1 aromatic rings. The lowest BCUT2D eigenvalue weighted by Crippen LogP contribution is -2.51. The average molecular weight is 250 g/mol. The van der Waals surface area contributed by atoms with Gasteiger partial charge in [-0.25, -0.2) is 4.39 Å². The molecule has 100 valence electrons. The predicted molar refractivity (Wildman–Crippen MR) is 74.5 cm³/mol. The van der Waals surface area contributed by atoms with Gasteiger partial charge < -0.3 is 10.2 Å².